The van der Waals surface area contributed by atoms with Crippen molar-refractivity contribution in [3.8, 4) is 0 Å². The molecule has 0 unspecified atom stereocenters. The lowest BCUT2D eigenvalue weighted by atomic mass is 9.88. The number of hydrogen-bond acceptors (Lipinski definition) is 6. The Morgan fingerprint density at radius 3 is 2.39 bits per heavy atom. The molecule has 2 aromatic carbocycles. The highest BCUT2D eigenvalue weighted by Crippen LogP contribution is 2.34. The number of carbonyl (C=O) groups excluding carboxylic acids is 3. The zero-order valence-corrected chi connectivity index (χ0v) is 18.9. The fourth-order valence-corrected chi connectivity index (χ4v) is 3.80. The molecule has 3 rings (SSSR count). The van der Waals surface area contributed by atoms with E-state index in [1.807, 2.05) is 19.1 Å². The molecule has 9 heteroatoms. The normalized spacial score (nSPS) is 15.9. The largest absolute Gasteiger partial charge is 0.463 e. The van der Waals surface area contributed by atoms with Crippen molar-refractivity contribution in [2.75, 3.05) is 16.8 Å². The number of non-ortho nitro benzene ring substituents is 1. The second kappa shape index (κ2) is 9.64. The number of nitro groups is 1. The number of ether oxygens (including phenoxy) is 1. The first-order chi connectivity index (χ1) is 15.6. The molecular weight excluding hydrogens is 426 g/mol. The van der Waals surface area contributed by atoms with Gasteiger partial charge in [-0.25, -0.2) is 4.79 Å². The Bertz CT molecular complexity index is 1150. The quantitative estimate of drug-likeness (QED) is 0.402. The van der Waals surface area contributed by atoms with E-state index in [-0.39, 0.29) is 30.2 Å². The number of nitro benzene ring substituents is 1. The second-order valence-electron chi connectivity index (χ2n) is 7.79. The van der Waals surface area contributed by atoms with Crippen LogP contribution in [-0.4, -0.2) is 29.3 Å². The van der Waals surface area contributed by atoms with E-state index in [9.17, 15) is 24.5 Å². The average molecular weight is 451 g/mol. The Kier molecular flexibility index (Phi) is 6.91. The number of nitrogens with one attached hydrogen (secondary N) is 1. The summed E-state index contributed by atoms with van der Waals surface area (Å²) in [6.07, 6.45) is -0.225. The van der Waals surface area contributed by atoms with Crippen LogP contribution in [0.3, 0.4) is 0 Å². The summed E-state index contributed by atoms with van der Waals surface area (Å²) < 4.78 is 5.20. The van der Waals surface area contributed by atoms with Gasteiger partial charge in [0.25, 0.3) is 5.69 Å². The first-order valence-electron chi connectivity index (χ1n) is 10.5. The van der Waals surface area contributed by atoms with Crippen LogP contribution in [-0.2, 0) is 19.1 Å². The van der Waals surface area contributed by atoms with Gasteiger partial charge in [-0.3, -0.25) is 24.6 Å². The second-order valence-corrected chi connectivity index (χ2v) is 7.79. The van der Waals surface area contributed by atoms with Crippen LogP contribution in [0.5, 0.6) is 0 Å². The van der Waals surface area contributed by atoms with Crippen LogP contribution >= 0.6 is 0 Å². The number of hydrogen-bond donors (Lipinski definition) is 1. The van der Waals surface area contributed by atoms with Crippen molar-refractivity contribution in [1.82, 2.24) is 0 Å². The molecule has 0 bridgehead atoms. The van der Waals surface area contributed by atoms with Gasteiger partial charge >= 0.3 is 5.97 Å². The van der Waals surface area contributed by atoms with Gasteiger partial charge in [-0.05, 0) is 51.5 Å². The van der Waals surface area contributed by atoms with Gasteiger partial charge in [0, 0.05) is 35.6 Å². The topological polar surface area (TPSA) is 119 Å². The summed E-state index contributed by atoms with van der Waals surface area (Å²) in [5.74, 6) is -2.62. The summed E-state index contributed by atoms with van der Waals surface area (Å²) in [4.78, 5) is 50.9. The number of nitrogens with zero attached hydrogens (tertiary/aromatic N) is 2. The van der Waals surface area contributed by atoms with Crippen molar-refractivity contribution in [3.05, 3.63) is 75.0 Å². The lowest BCUT2D eigenvalue weighted by Crippen LogP contribution is -2.43. The summed E-state index contributed by atoms with van der Waals surface area (Å²) in [6, 6.07) is 11.3. The summed E-state index contributed by atoms with van der Waals surface area (Å²) in [5.41, 5.74) is 2.79. The summed E-state index contributed by atoms with van der Waals surface area (Å²) in [7, 11) is 0. The highest BCUT2D eigenvalue weighted by Gasteiger charge is 2.40. The molecule has 33 heavy (non-hydrogen) atoms. The van der Waals surface area contributed by atoms with Crippen LogP contribution in [0.1, 0.15) is 31.4 Å². The molecule has 2 aromatic rings. The summed E-state index contributed by atoms with van der Waals surface area (Å²) in [6.45, 7) is 6.94. The van der Waals surface area contributed by atoms with E-state index in [1.54, 1.807) is 32.9 Å². The molecule has 9 nitrogen and oxygen atoms in total. The van der Waals surface area contributed by atoms with E-state index in [0.29, 0.717) is 22.6 Å². The van der Waals surface area contributed by atoms with Crippen LogP contribution in [0, 0.1) is 29.9 Å². The lowest BCUT2D eigenvalue weighted by Gasteiger charge is -2.33. The van der Waals surface area contributed by atoms with Gasteiger partial charge in [0.15, 0.2) is 0 Å². The standard InChI is InChI=1S/C24H25N3O6/c1-5-33-24(30)22-16(4)26(17-8-6-14(2)7-9-17)21(28)13-19(22)23(29)25-20-11-10-18(27(31)32)12-15(20)3/h6-12,19H,5,13H2,1-4H3,(H,25,29)/t19-/m1/s1. The van der Waals surface area contributed by atoms with Gasteiger partial charge in [0.2, 0.25) is 11.8 Å². The van der Waals surface area contributed by atoms with E-state index >= 15 is 0 Å². The van der Waals surface area contributed by atoms with Crippen molar-refractivity contribution in [1.29, 1.82) is 0 Å². The first-order valence-corrected chi connectivity index (χ1v) is 10.5. The van der Waals surface area contributed by atoms with Crippen molar-refractivity contribution in [2.45, 2.75) is 34.1 Å². The lowest BCUT2D eigenvalue weighted by molar-refractivity contribution is -0.384. The molecule has 1 atom stereocenters. The highest BCUT2D eigenvalue weighted by molar-refractivity contribution is 6.10. The van der Waals surface area contributed by atoms with E-state index in [2.05, 4.69) is 5.32 Å². The molecule has 0 spiro atoms. The summed E-state index contributed by atoms with van der Waals surface area (Å²) >= 11 is 0. The van der Waals surface area contributed by atoms with Crippen LogP contribution < -0.4 is 10.2 Å². The van der Waals surface area contributed by atoms with Crippen LogP contribution in [0.15, 0.2) is 53.7 Å². The Morgan fingerprint density at radius 1 is 1.15 bits per heavy atom. The predicted molar refractivity (Wildman–Crippen MR) is 123 cm³/mol. The third kappa shape index (κ3) is 4.92. The van der Waals surface area contributed by atoms with Gasteiger partial charge < -0.3 is 10.1 Å². The molecule has 0 saturated carbocycles. The molecule has 1 aliphatic heterocycles. The van der Waals surface area contributed by atoms with Crippen molar-refractivity contribution >= 4 is 34.8 Å². The maximum Gasteiger partial charge on any atom is 0.336 e. The van der Waals surface area contributed by atoms with E-state index < -0.39 is 22.7 Å². The van der Waals surface area contributed by atoms with Gasteiger partial charge in [-0.15, -0.1) is 0 Å². The van der Waals surface area contributed by atoms with E-state index in [4.69, 9.17) is 4.74 Å². The maximum atomic E-state index is 13.2. The predicted octanol–water partition coefficient (Wildman–Crippen LogP) is 4.04. The van der Waals surface area contributed by atoms with Crippen LogP contribution in [0.25, 0.3) is 0 Å². The summed E-state index contributed by atoms with van der Waals surface area (Å²) in [5, 5.41) is 13.7. The molecule has 172 valence electrons. The Labute approximate surface area is 191 Å². The fourth-order valence-electron chi connectivity index (χ4n) is 3.80. The van der Waals surface area contributed by atoms with Gasteiger partial charge in [-0.1, -0.05) is 17.7 Å². The monoisotopic (exact) mass is 451 g/mol. The smallest absolute Gasteiger partial charge is 0.336 e. The number of aryl methyl sites for hydroxylation is 2. The van der Waals surface area contributed by atoms with Crippen molar-refractivity contribution in [3.63, 3.8) is 0 Å². The molecule has 0 aromatic heterocycles. The Balaban J connectivity index is 1.99. The minimum atomic E-state index is -1.06. The molecule has 0 saturated heterocycles. The number of allylic oxidation sites excluding steroid dienone is 1. The van der Waals surface area contributed by atoms with Gasteiger partial charge in [0.1, 0.15) is 0 Å². The maximum absolute atomic E-state index is 13.2. The average Bonchev–Trinajstić information content (AvgIpc) is 2.75. The third-order valence-electron chi connectivity index (χ3n) is 5.48. The van der Waals surface area contributed by atoms with Crippen molar-refractivity contribution in [2.24, 2.45) is 5.92 Å². The number of rotatable bonds is 6. The number of carbonyl (C=O) groups is 3. The minimum absolute atomic E-state index is 0.102. The fraction of sp³-hybridized carbons (Fsp3) is 0.292. The van der Waals surface area contributed by atoms with Gasteiger partial charge in [0.05, 0.1) is 23.0 Å². The first kappa shape index (κ1) is 23.6. The number of benzene rings is 2. The Hall–Kier alpha value is -4.01. The number of anilines is 2. The van der Waals surface area contributed by atoms with Gasteiger partial charge in [-0.2, -0.15) is 0 Å². The van der Waals surface area contributed by atoms with E-state index in [1.165, 1.54) is 23.1 Å². The Morgan fingerprint density at radius 2 is 1.82 bits per heavy atom. The van der Waals surface area contributed by atoms with Crippen molar-refractivity contribution < 1.29 is 24.0 Å². The molecule has 0 radical (unpaired) electrons. The highest BCUT2D eigenvalue weighted by atomic mass is 16.6. The molecule has 1 N–H and O–H groups in total. The molecule has 2 amide bonds. The molecule has 1 aliphatic rings. The third-order valence-corrected chi connectivity index (χ3v) is 5.48. The molecule has 0 fully saturated rings. The zero-order chi connectivity index (χ0) is 24.3. The SMILES string of the molecule is CCOC(=O)C1=C(C)N(c2ccc(C)cc2)C(=O)C[C@H]1C(=O)Nc1ccc([N+](=O)[O-])cc1C. The van der Waals surface area contributed by atoms with Crippen LogP contribution in [0.4, 0.5) is 17.1 Å². The number of amides is 2. The van der Waals surface area contributed by atoms with E-state index in [0.717, 1.165) is 5.56 Å². The van der Waals surface area contributed by atoms with Crippen LogP contribution in [0.2, 0.25) is 0 Å². The minimum Gasteiger partial charge on any atom is -0.463 e. The molecule has 1 heterocycles. The molecular formula is C24H25N3O6. The number of esters is 1. The molecule has 0 aliphatic carbocycles. The zero-order valence-electron chi connectivity index (χ0n) is 18.9.